The summed E-state index contributed by atoms with van der Waals surface area (Å²) in [6, 6.07) is 16.0. The van der Waals surface area contributed by atoms with Crippen LogP contribution in [0.2, 0.25) is 5.02 Å². The molecule has 142 valence electrons. The van der Waals surface area contributed by atoms with Gasteiger partial charge in [-0.2, -0.15) is 0 Å². The maximum absolute atomic E-state index is 12.3. The summed E-state index contributed by atoms with van der Waals surface area (Å²) in [7, 11) is 0. The number of hydrogen-bond acceptors (Lipinski definition) is 2. The molecule has 0 spiro atoms. The van der Waals surface area contributed by atoms with Gasteiger partial charge in [0.25, 0.3) is 0 Å². The number of aromatic nitrogens is 1. The summed E-state index contributed by atoms with van der Waals surface area (Å²) in [5, 5.41) is 8.23. The minimum absolute atomic E-state index is 0.00170. The minimum atomic E-state index is -0.289. The maximum Gasteiger partial charge on any atom is 0.237 e. The van der Waals surface area contributed by atoms with Crippen LogP contribution in [0.1, 0.15) is 37.8 Å². The van der Waals surface area contributed by atoms with Gasteiger partial charge in [-0.15, -0.1) is 0 Å². The maximum atomic E-state index is 12.3. The zero-order valence-electron chi connectivity index (χ0n) is 15.9. The van der Waals surface area contributed by atoms with E-state index in [1.54, 1.807) is 0 Å². The predicted octanol–water partition coefficient (Wildman–Crippen LogP) is 4.46. The number of carbonyl (C=O) groups is 1. The molecule has 2 atom stereocenters. The highest BCUT2D eigenvalue weighted by Gasteiger charge is 2.22. The smallest absolute Gasteiger partial charge is 0.237 e. The quantitative estimate of drug-likeness (QED) is 0.564. The fourth-order valence-corrected chi connectivity index (χ4v) is 3.59. The zero-order valence-corrected chi connectivity index (χ0v) is 16.7. The fourth-order valence-electron chi connectivity index (χ4n) is 3.32. The summed E-state index contributed by atoms with van der Waals surface area (Å²) >= 11 is 6.52. The molecule has 4 nitrogen and oxygen atoms in total. The standard InChI is InChI=1S/C22H26ClN3O/c1-14(2)26-22(27)15(3)24-12-18(16-8-4-6-10-20(16)23)19-13-25-21-11-7-5-9-17(19)21/h4-11,13-15,18,24-25H,12H2,1-3H3,(H,26,27)/t15-,18+/m1/s1. The van der Waals surface area contributed by atoms with E-state index in [9.17, 15) is 4.79 Å². The number of aromatic amines is 1. The van der Waals surface area contributed by atoms with Gasteiger partial charge < -0.3 is 15.6 Å². The first-order valence-electron chi connectivity index (χ1n) is 9.31. The zero-order chi connectivity index (χ0) is 19.4. The number of hydrogen-bond donors (Lipinski definition) is 3. The summed E-state index contributed by atoms with van der Waals surface area (Å²) < 4.78 is 0. The van der Waals surface area contributed by atoms with Crippen LogP contribution < -0.4 is 10.6 Å². The third-order valence-corrected chi connectivity index (χ3v) is 5.07. The van der Waals surface area contributed by atoms with Crippen molar-refractivity contribution in [1.29, 1.82) is 0 Å². The summed E-state index contributed by atoms with van der Waals surface area (Å²) in [6.45, 7) is 6.42. The Bertz CT molecular complexity index is 919. The Kier molecular flexibility index (Phi) is 6.19. The molecule has 0 aliphatic carbocycles. The largest absolute Gasteiger partial charge is 0.361 e. The molecular weight excluding hydrogens is 358 g/mol. The van der Waals surface area contributed by atoms with E-state index in [1.165, 1.54) is 10.9 Å². The van der Waals surface area contributed by atoms with Crippen LogP contribution in [0.4, 0.5) is 0 Å². The summed E-state index contributed by atoms with van der Waals surface area (Å²) in [4.78, 5) is 15.6. The van der Waals surface area contributed by atoms with E-state index in [2.05, 4.69) is 33.8 Å². The first-order valence-corrected chi connectivity index (χ1v) is 9.69. The van der Waals surface area contributed by atoms with Crippen molar-refractivity contribution in [3.8, 4) is 0 Å². The highest BCUT2D eigenvalue weighted by atomic mass is 35.5. The molecule has 0 fully saturated rings. The van der Waals surface area contributed by atoms with Crippen LogP contribution in [0.15, 0.2) is 54.7 Å². The molecule has 3 N–H and O–H groups in total. The normalized spacial score (nSPS) is 13.7. The number of fused-ring (bicyclic) bond motifs is 1. The van der Waals surface area contributed by atoms with Crippen molar-refractivity contribution in [3.05, 3.63) is 70.9 Å². The molecule has 3 aromatic rings. The second-order valence-electron chi connectivity index (χ2n) is 7.16. The topological polar surface area (TPSA) is 56.9 Å². The lowest BCUT2D eigenvalue weighted by atomic mass is 9.90. The fraction of sp³-hybridized carbons (Fsp3) is 0.318. The molecule has 0 aliphatic rings. The molecule has 2 aromatic carbocycles. The Morgan fingerprint density at radius 1 is 1.04 bits per heavy atom. The average molecular weight is 384 g/mol. The van der Waals surface area contributed by atoms with Gasteiger partial charge in [0.15, 0.2) is 0 Å². The van der Waals surface area contributed by atoms with Crippen molar-refractivity contribution in [2.45, 2.75) is 38.8 Å². The Hall–Kier alpha value is -2.30. The first kappa shape index (κ1) is 19.5. The molecule has 0 saturated carbocycles. The van der Waals surface area contributed by atoms with Gasteiger partial charge >= 0.3 is 0 Å². The third kappa shape index (κ3) is 4.52. The van der Waals surface area contributed by atoms with Crippen molar-refractivity contribution in [3.63, 3.8) is 0 Å². The van der Waals surface area contributed by atoms with E-state index in [0.717, 1.165) is 16.1 Å². The second-order valence-corrected chi connectivity index (χ2v) is 7.56. The molecule has 0 aliphatic heterocycles. The summed E-state index contributed by atoms with van der Waals surface area (Å²) in [5.41, 5.74) is 3.31. The number of rotatable bonds is 7. The van der Waals surface area contributed by atoms with Crippen molar-refractivity contribution < 1.29 is 4.79 Å². The highest BCUT2D eigenvalue weighted by Crippen LogP contribution is 2.34. The van der Waals surface area contributed by atoms with Gasteiger partial charge in [-0.3, -0.25) is 4.79 Å². The molecule has 0 radical (unpaired) electrons. The van der Waals surface area contributed by atoms with Gasteiger partial charge in [-0.05, 0) is 44.0 Å². The molecule has 0 saturated heterocycles. The van der Waals surface area contributed by atoms with Crippen molar-refractivity contribution in [2.75, 3.05) is 6.54 Å². The molecule has 5 heteroatoms. The Balaban J connectivity index is 1.90. The van der Waals surface area contributed by atoms with E-state index in [-0.39, 0.29) is 23.9 Å². The van der Waals surface area contributed by atoms with Crippen LogP contribution in [0.25, 0.3) is 10.9 Å². The number of benzene rings is 2. The van der Waals surface area contributed by atoms with E-state index in [1.807, 2.05) is 57.3 Å². The lowest BCUT2D eigenvalue weighted by Gasteiger charge is -2.22. The van der Waals surface area contributed by atoms with Crippen LogP contribution in [-0.2, 0) is 4.79 Å². The number of H-pyrrole nitrogens is 1. The van der Waals surface area contributed by atoms with Crippen LogP contribution in [0.3, 0.4) is 0 Å². The third-order valence-electron chi connectivity index (χ3n) is 4.73. The van der Waals surface area contributed by atoms with Crippen molar-refractivity contribution in [2.24, 2.45) is 0 Å². The predicted molar refractivity (Wildman–Crippen MR) is 112 cm³/mol. The van der Waals surface area contributed by atoms with Gasteiger partial charge in [0.05, 0.1) is 6.04 Å². The Labute approximate surface area is 165 Å². The van der Waals surface area contributed by atoms with Crippen LogP contribution in [0.5, 0.6) is 0 Å². The average Bonchev–Trinajstić information content (AvgIpc) is 3.06. The lowest BCUT2D eigenvalue weighted by Crippen LogP contribution is -2.45. The molecule has 1 amide bonds. The van der Waals surface area contributed by atoms with Gasteiger partial charge in [0.2, 0.25) is 5.91 Å². The number of para-hydroxylation sites is 1. The first-order chi connectivity index (χ1) is 13.0. The number of amides is 1. The monoisotopic (exact) mass is 383 g/mol. The van der Waals surface area contributed by atoms with E-state index >= 15 is 0 Å². The van der Waals surface area contributed by atoms with Crippen LogP contribution in [0, 0.1) is 0 Å². The van der Waals surface area contributed by atoms with Gasteiger partial charge in [0, 0.05) is 40.6 Å². The van der Waals surface area contributed by atoms with Crippen LogP contribution in [-0.4, -0.2) is 29.5 Å². The number of halogens is 1. The molecule has 0 unspecified atom stereocenters. The summed E-state index contributed by atoms with van der Waals surface area (Å²) in [6.07, 6.45) is 2.04. The Morgan fingerprint density at radius 3 is 2.48 bits per heavy atom. The van der Waals surface area contributed by atoms with Gasteiger partial charge in [-0.25, -0.2) is 0 Å². The van der Waals surface area contributed by atoms with Crippen LogP contribution >= 0.6 is 11.6 Å². The van der Waals surface area contributed by atoms with Gasteiger partial charge in [-0.1, -0.05) is 48.0 Å². The summed E-state index contributed by atoms with van der Waals surface area (Å²) in [5.74, 6) is 0.0333. The number of carbonyl (C=O) groups excluding carboxylic acids is 1. The molecule has 3 rings (SSSR count). The van der Waals surface area contributed by atoms with E-state index in [4.69, 9.17) is 11.6 Å². The molecule has 27 heavy (non-hydrogen) atoms. The molecule has 0 bridgehead atoms. The lowest BCUT2D eigenvalue weighted by molar-refractivity contribution is -0.123. The second kappa shape index (κ2) is 8.59. The van der Waals surface area contributed by atoms with Crippen molar-refractivity contribution in [1.82, 2.24) is 15.6 Å². The highest BCUT2D eigenvalue weighted by molar-refractivity contribution is 6.31. The minimum Gasteiger partial charge on any atom is -0.361 e. The molecule has 1 heterocycles. The molecular formula is C22H26ClN3O. The van der Waals surface area contributed by atoms with Gasteiger partial charge in [0.1, 0.15) is 0 Å². The van der Waals surface area contributed by atoms with E-state index in [0.29, 0.717) is 6.54 Å². The number of nitrogens with one attached hydrogen (secondary N) is 3. The van der Waals surface area contributed by atoms with E-state index < -0.39 is 0 Å². The molecule has 1 aromatic heterocycles. The SMILES string of the molecule is CC(C)NC(=O)[C@@H](C)NC[C@@H](c1ccccc1Cl)c1c[nH]c2ccccc12. The Morgan fingerprint density at radius 2 is 1.74 bits per heavy atom. The van der Waals surface area contributed by atoms with Crippen molar-refractivity contribution >= 4 is 28.4 Å².